The van der Waals surface area contributed by atoms with Crippen LogP contribution in [0.1, 0.15) is 28.8 Å². The van der Waals surface area contributed by atoms with E-state index in [2.05, 4.69) is 0 Å². The summed E-state index contributed by atoms with van der Waals surface area (Å²) in [6.07, 6.45) is 1.70. The lowest BCUT2D eigenvalue weighted by Gasteiger charge is -2.32. The van der Waals surface area contributed by atoms with Gasteiger partial charge in [0.05, 0.1) is 18.3 Å². The van der Waals surface area contributed by atoms with Gasteiger partial charge < -0.3 is 9.64 Å². The lowest BCUT2D eigenvalue weighted by Crippen LogP contribution is -2.41. The Labute approximate surface area is 123 Å². The smallest absolute Gasteiger partial charge is 0.256 e. The van der Waals surface area contributed by atoms with Crippen LogP contribution in [0.3, 0.4) is 0 Å². The summed E-state index contributed by atoms with van der Waals surface area (Å²) < 4.78 is 19.3. The minimum absolute atomic E-state index is 0.153. The quantitative estimate of drug-likeness (QED) is 0.800. The molecule has 0 aromatic heterocycles. The Morgan fingerprint density at radius 3 is 2.80 bits per heavy atom. The molecule has 0 saturated carbocycles. The zero-order valence-electron chi connectivity index (χ0n) is 11.6. The number of halogens is 2. The van der Waals surface area contributed by atoms with E-state index in [9.17, 15) is 9.18 Å². The number of aryl methyl sites for hydroxylation is 1. The van der Waals surface area contributed by atoms with Gasteiger partial charge in [-0.1, -0.05) is 11.6 Å². The Morgan fingerprint density at radius 1 is 1.45 bits per heavy atom. The average molecular weight is 300 g/mol. The highest BCUT2D eigenvalue weighted by molar-refractivity contribution is 6.17. The highest BCUT2D eigenvalue weighted by atomic mass is 35.5. The molecule has 3 nitrogen and oxygen atoms in total. The van der Waals surface area contributed by atoms with Gasteiger partial charge in [0.1, 0.15) is 5.82 Å². The van der Waals surface area contributed by atoms with Gasteiger partial charge in [0.15, 0.2) is 0 Å². The van der Waals surface area contributed by atoms with Crippen LogP contribution in [0.5, 0.6) is 0 Å². The molecule has 1 aromatic carbocycles. The molecule has 20 heavy (non-hydrogen) atoms. The van der Waals surface area contributed by atoms with Crippen LogP contribution in [-0.4, -0.2) is 42.5 Å². The zero-order chi connectivity index (χ0) is 14.5. The summed E-state index contributed by atoms with van der Waals surface area (Å²) in [5.74, 6) is -0.212. The first-order chi connectivity index (χ1) is 9.61. The largest absolute Gasteiger partial charge is 0.377 e. The molecule has 1 heterocycles. The highest BCUT2D eigenvalue weighted by Gasteiger charge is 2.25. The number of piperidine rings is 1. The maximum absolute atomic E-state index is 13.7. The van der Waals surface area contributed by atoms with Gasteiger partial charge in [-0.25, -0.2) is 4.39 Å². The van der Waals surface area contributed by atoms with E-state index in [0.717, 1.165) is 18.4 Å². The van der Waals surface area contributed by atoms with Crippen LogP contribution in [0.25, 0.3) is 0 Å². The first kappa shape index (κ1) is 15.3. The van der Waals surface area contributed by atoms with Crippen molar-refractivity contribution in [3.8, 4) is 0 Å². The van der Waals surface area contributed by atoms with Crippen molar-refractivity contribution >= 4 is 17.5 Å². The van der Waals surface area contributed by atoms with E-state index in [4.69, 9.17) is 16.3 Å². The number of likely N-dealkylation sites (tertiary alicyclic amines) is 1. The molecule has 0 spiro atoms. The molecule has 1 aliphatic rings. The maximum atomic E-state index is 13.7. The van der Waals surface area contributed by atoms with Crippen LogP contribution >= 0.6 is 11.6 Å². The predicted octanol–water partition coefficient (Wildman–Crippen LogP) is 2.99. The third-order valence-electron chi connectivity index (χ3n) is 3.51. The molecular weight excluding hydrogens is 281 g/mol. The number of nitrogens with zero attached hydrogens (tertiary/aromatic N) is 1. The van der Waals surface area contributed by atoms with E-state index < -0.39 is 5.82 Å². The van der Waals surface area contributed by atoms with Crippen molar-refractivity contribution in [2.24, 2.45) is 0 Å². The van der Waals surface area contributed by atoms with Gasteiger partial charge in [0, 0.05) is 19.0 Å². The van der Waals surface area contributed by atoms with Gasteiger partial charge in [-0.05, 0) is 31.9 Å². The number of hydrogen-bond donors (Lipinski definition) is 0. The molecule has 0 N–H and O–H groups in total. The minimum Gasteiger partial charge on any atom is -0.377 e. The fraction of sp³-hybridized carbons (Fsp3) is 0.533. The first-order valence-electron chi connectivity index (χ1n) is 6.85. The summed E-state index contributed by atoms with van der Waals surface area (Å²) >= 11 is 5.58. The van der Waals surface area contributed by atoms with E-state index in [-0.39, 0.29) is 17.6 Å². The first-order valence-corrected chi connectivity index (χ1v) is 7.38. The van der Waals surface area contributed by atoms with Gasteiger partial charge in [-0.15, -0.1) is 11.6 Å². The Kier molecular flexibility index (Phi) is 5.38. The molecule has 0 aliphatic carbocycles. The molecule has 1 aromatic rings. The van der Waals surface area contributed by atoms with Gasteiger partial charge in [0.25, 0.3) is 5.91 Å². The number of amides is 1. The van der Waals surface area contributed by atoms with Crippen LogP contribution in [0, 0.1) is 12.7 Å². The van der Waals surface area contributed by atoms with E-state index in [1.165, 1.54) is 6.07 Å². The summed E-state index contributed by atoms with van der Waals surface area (Å²) in [6, 6.07) is 4.62. The Morgan fingerprint density at radius 2 is 2.15 bits per heavy atom. The maximum Gasteiger partial charge on any atom is 0.256 e. The molecule has 1 aliphatic heterocycles. The highest BCUT2D eigenvalue weighted by Crippen LogP contribution is 2.18. The van der Waals surface area contributed by atoms with Gasteiger partial charge in [0.2, 0.25) is 0 Å². The SMILES string of the molecule is Cc1ccc(F)c(C(=O)N2CCC(OCCCl)CC2)c1. The monoisotopic (exact) mass is 299 g/mol. The molecule has 1 amide bonds. The van der Waals surface area contributed by atoms with E-state index in [1.54, 1.807) is 17.0 Å². The van der Waals surface area contributed by atoms with Gasteiger partial charge in [-0.3, -0.25) is 4.79 Å². The van der Waals surface area contributed by atoms with Crippen molar-refractivity contribution in [2.75, 3.05) is 25.6 Å². The number of alkyl halides is 1. The summed E-state index contributed by atoms with van der Waals surface area (Å²) in [6.45, 7) is 3.58. The van der Waals surface area contributed by atoms with Crippen LogP contribution < -0.4 is 0 Å². The minimum atomic E-state index is -0.457. The average Bonchev–Trinajstić information content (AvgIpc) is 2.47. The number of carbonyl (C=O) groups excluding carboxylic acids is 1. The lowest BCUT2D eigenvalue weighted by molar-refractivity contribution is 0.0153. The molecule has 110 valence electrons. The standard InChI is InChI=1S/C15H19ClFNO2/c1-11-2-3-14(17)13(10-11)15(19)18-7-4-12(5-8-18)20-9-6-16/h2-3,10,12H,4-9H2,1H3. The van der Waals surface area contributed by atoms with Crippen molar-refractivity contribution in [1.29, 1.82) is 0 Å². The molecule has 0 radical (unpaired) electrons. The van der Waals surface area contributed by atoms with Crippen molar-refractivity contribution in [3.63, 3.8) is 0 Å². The molecule has 2 rings (SSSR count). The van der Waals surface area contributed by atoms with Crippen LogP contribution in [0.15, 0.2) is 18.2 Å². The second-order valence-corrected chi connectivity index (χ2v) is 5.41. The topological polar surface area (TPSA) is 29.5 Å². The van der Waals surface area contributed by atoms with Crippen molar-refractivity contribution in [3.05, 3.63) is 35.1 Å². The molecular formula is C15H19ClFNO2. The van der Waals surface area contributed by atoms with Crippen LogP contribution in [0.2, 0.25) is 0 Å². The zero-order valence-corrected chi connectivity index (χ0v) is 12.3. The third-order valence-corrected chi connectivity index (χ3v) is 3.67. The predicted molar refractivity (Wildman–Crippen MR) is 76.7 cm³/mol. The van der Waals surface area contributed by atoms with E-state index >= 15 is 0 Å². The van der Waals surface area contributed by atoms with Crippen LogP contribution in [-0.2, 0) is 4.74 Å². The molecule has 0 bridgehead atoms. The van der Waals surface area contributed by atoms with Gasteiger partial charge >= 0.3 is 0 Å². The number of rotatable bonds is 4. The van der Waals surface area contributed by atoms with Crippen molar-refractivity contribution in [1.82, 2.24) is 4.90 Å². The summed E-state index contributed by atoms with van der Waals surface area (Å²) in [4.78, 5) is 14.0. The lowest BCUT2D eigenvalue weighted by atomic mass is 10.0. The second kappa shape index (κ2) is 7.04. The van der Waals surface area contributed by atoms with Gasteiger partial charge in [-0.2, -0.15) is 0 Å². The summed E-state index contributed by atoms with van der Waals surface area (Å²) in [5, 5.41) is 0. The molecule has 1 fully saturated rings. The Hall–Kier alpha value is -1.13. The molecule has 5 heteroatoms. The number of hydrogen-bond acceptors (Lipinski definition) is 2. The number of benzene rings is 1. The molecule has 0 atom stereocenters. The number of ether oxygens (including phenoxy) is 1. The second-order valence-electron chi connectivity index (χ2n) is 5.03. The molecule has 1 saturated heterocycles. The molecule has 0 unspecified atom stereocenters. The summed E-state index contributed by atoms with van der Waals surface area (Å²) in [5.41, 5.74) is 1.04. The Balaban J connectivity index is 1.96. The normalized spacial score (nSPS) is 16.4. The van der Waals surface area contributed by atoms with Crippen molar-refractivity contribution < 1.29 is 13.9 Å². The number of carbonyl (C=O) groups is 1. The van der Waals surface area contributed by atoms with Crippen LogP contribution in [0.4, 0.5) is 4.39 Å². The summed E-state index contributed by atoms with van der Waals surface area (Å²) in [7, 11) is 0. The Bertz CT molecular complexity index is 473. The fourth-order valence-electron chi connectivity index (χ4n) is 2.41. The van der Waals surface area contributed by atoms with E-state index in [0.29, 0.717) is 25.6 Å². The van der Waals surface area contributed by atoms with Crippen molar-refractivity contribution in [2.45, 2.75) is 25.9 Å². The fourth-order valence-corrected chi connectivity index (χ4v) is 2.50. The third kappa shape index (κ3) is 3.70. The van der Waals surface area contributed by atoms with E-state index in [1.807, 2.05) is 6.92 Å².